The Bertz CT molecular complexity index is 1010. The largest absolute Gasteiger partial charge is 0.497 e. The topological polar surface area (TPSA) is 79.1 Å². The number of carbonyl (C=O) groups excluding carboxylic acids is 1. The maximum Gasteiger partial charge on any atom is 0.339 e. The molecule has 0 atom stereocenters. The Morgan fingerprint density at radius 1 is 1.14 bits per heavy atom. The van der Waals surface area contributed by atoms with Crippen LogP contribution in [0.4, 0.5) is 0 Å². The molecule has 28 heavy (non-hydrogen) atoms. The number of tetrazole rings is 1. The first-order valence-electron chi connectivity index (χ1n) is 8.43. The molecule has 3 rings (SSSR count). The SMILES string of the molecule is COc1ccc(-n2nnnc2SCC#CCOC(=O)c2ccccc2C)cc1. The normalized spacial score (nSPS) is 10.1. The maximum atomic E-state index is 12.0. The highest BCUT2D eigenvalue weighted by Gasteiger charge is 2.09. The van der Waals surface area contributed by atoms with Gasteiger partial charge in [-0.05, 0) is 53.2 Å². The monoisotopic (exact) mass is 394 g/mol. The van der Waals surface area contributed by atoms with E-state index in [2.05, 4.69) is 27.4 Å². The van der Waals surface area contributed by atoms with E-state index in [0.717, 1.165) is 17.0 Å². The molecular weight excluding hydrogens is 376 g/mol. The lowest BCUT2D eigenvalue weighted by Crippen LogP contribution is -2.07. The van der Waals surface area contributed by atoms with E-state index in [4.69, 9.17) is 9.47 Å². The molecule has 0 N–H and O–H groups in total. The molecule has 1 heterocycles. The van der Waals surface area contributed by atoms with Gasteiger partial charge in [-0.1, -0.05) is 41.8 Å². The van der Waals surface area contributed by atoms with Gasteiger partial charge < -0.3 is 9.47 Å². The number of nitrogens with zero attached hydrogens (tertiary/aromatic N) is 4. The van der Waals surface area contributed by atoms with Gasteiger partial charge in [0.25, 0.3) is 0 Å². The van der Waals surface area contributed by atoms with E-state index in [0.29, 0.717) is 16.5 Å². The fraction of sp³-hybridized carbons (Fsp3) is 0.200. The number of methoxy groups -OCH3 is 1. The van der Waals surface area contributed by atoms with Crippen LogP contribution in [0.25, 0.3) is 5.69 Å². The summed E-state index contributed by atoms with van der Waals surface area (Å²) in [4.78, 5) is 12.0. The minimum Gasteiger partial charge on any atom is -0.497 e. The van der Waals surface area contributed by atoms with Crippen LogP contribution in [0.15, 0.2) is 53.7 Å². The lowest BCUT2D eigenvalue weighted by Gasteiger charge is -2.04. The number of esters is 1. The zero-order chi connectivity index (χ0) is 19.8. The van der Waals surface area contributed by atoms with Crippen LogP contribution < -0.4 is 4.74 Å². The standard InChI is InChI=1S/C20H18N4O3S/c1-15-7-3-4-8-18(15)19(25)27-13-5-6-14-28-20-21-22-23-24(20)16-9-11-17(26-2)12-10-16/h3-4,7-12H,13-14H2,1-2H3. The van der Waals surface area contributed by atoms with Gasteiger partial charge in [-0.3, -0.25) is 0 Å². The Kier molecular flexibility index (Phi) is 6.65. The smallest absolute Gasteiger partial charge is 0.339 e. The van der Waals surface area contributed by atoms with Gasteiger partial charge in [-0.25, -0.2) is 4.79 Å². The molecule has 0 bridgehead atoms. The van der Waals surface area contributed by atoms with Gasteiger partial charge in [0.2, 0.25) is 5.16 Å². The van der Waals surface area contributed by atoms with Gasteiger partial charge in [0, 0.05) is 0 Å². The molecule has 0 fully saturated rings. The van der Waals surface area contributed by atoms with Crippen LogP contribution in [0.5, 0.6) is 5.75 Å². The van der Waals surface area contributed by atoms with Crippen molar-refractivity contribution in [1.29, 1.82) is 0 Å². The van der Waals surface area contributed by atoms with Crippen molar-refractivity contribution < 1.29 is 14.3 Å². The zero-order valence-electron chi connectivity index (χ0n) is 15.5. The fourth-order valence-corrected chi connectivity index (χ4v) is 3.00. The van der Waals surface area contributed by atoms with Crippen LogP contribution in [0, 0.1) is 18.8 Å². The third-order valence-electron chi connectivity index (χ3n) is 3.80. The molecule has 0 amide bonds. The van der Waals surface area contributed by atoms with Crippen LogP contribution in [-0.4, -0.2) is 45.6 Å². The summed E-state index contributed by atoms with van der Waals surface area (Å²) in [6.45, 7) is 1.91. The summed E-state index contributed by atoms with van der Waals surface area (Å²) in [5, 5.41) is 12.3. The van der Waals surface area contributed by atoms with Crippen LogP contribution in [0.2, 0.25) is 0 Å². The van der Waals surface area contributed by atoms with E-state index in [1.807, 2.05) is 43.3 Å². The van der Waals surface area contributed by atoms with Crippen molar-refractivity contribution in [1.82, 2.24) is 20.2 Å². The van der Waals surface area contributed by atoms with E-state index < -0.39 is 0 Å². The summed E-state index contributed by atoms with van der Waals surface area (Å²) in [7, 11) is 1.62. The van der Waals surface area contributed by atoms with E-state index in [1.54, 1.807) is 23.9 Å². The third-order valence-corrected chi connectivity index (χ3v) is 4.60. The Labute approximate surface area is 167 Å². The minimum atomic E-state index is -0.372. The highest BCUT2D eigenvalue weighted by Crippen LogP contribution is 2.19. The second-order valence-electron chi connectivity index (χ2n) is 5.60. The van der Waals surface area contributed by atoms with Crippen molar-refractivity contribution in [3.8, 4) is 23.3 Å². The summed E-state index contributed by atoms with van der Waals surface area (Å²) < 4.78 is 12.0. The van der Waals surface area contributed by atoms with Crippen molar-refractivity contribution in [2.24, 2.45) is 0 Å². The van der Waals surface area contributed by atoms with Crippen molar-refractivity contribution in [2.45, 2.75) is 12.1 Å². The third kappa shape index (κ3) is 4.90. The number of rotatable bonds is 6. The molecule has 1 aromatic heterocycles. The lowest BCUT2D eigenvalue weighted by molar-refractivity contribution is 0.0556. The maximum absolute atomic E-state index is 12.0. The average Bonchev–Trinajstić information content (AvgIpc) is 3.19. The molecule has 3 aromatic rings. The number of benzene rings is 2. The van der Waals surface area contributed by atoms with E-state index >= 15 is 0 Å². The molecule has 0 radical (unpaired) electrons. The van der Waals surface area contributed by atoms with Crippen LogP contribution >= 0.6 is 11.8 Å². The Morgan fingerprint density at radius 2 is 1.93 bits per heavy atom. The predicted molar refractivity (Wildman–Crippen MR) is 106 cm³/mol. The fourth-order valence-electron chi connectivity index (χ4n) is 2.34. The molecule has 0 aliphatic carbocycles. The number of thioether (sulfide) groups is 1. The van der Waals surface area contributed by atoms with Gasteiger partial charge in [-0.15, -0.1) is 5.10 Å². The van der Waals surface area contributed by atoms with Crippen LogP contribution in [-0.2, 0) is 4.74 Å². The van der Waals surface area contributed by atoms with Crippen molar-refractivity contribution >= 4 is 17.7 Å². The quantitative estimate of drug-likeness (QED) is 0.361. The summed E-state index contributed by atoms with van der Waals surface area (Å²) in [6, 6.07) is 14.7. The summed E-state index contributed by atoms with van der Waals surface area (Å²) in [5.74, 6) is 6.64. The van der Waals surface area contributed by atoms with Crippen molar-refractivity contribution in [3.05, 3.63) is 59.7 Å². The molecule has 7 nitrogen and oxygen atoms in total. The Morgan fingerprint density at radius 3 is 2.68 bits per heavy atom. The molecule has 0 unspecified atom stereocenters. The summed E-state index contributed by atoms with van der Waals surface area (Å²) >= 11 is 1.40. The average molecular weight is 394 g/mol. The van der Waals surface area contributed by atoms with E-state index in [1.165, 1.54) is 11.8 Å². The van der Waals surface area contributed by atoms with Gasteiger partial charge in [0.15, 0.2) is 6.61 Å². The molecule has 2 aromatic carbocycles. The first-order valence-corrected chi connectivity index (χ1v) is 9.41. The second-order valence-corrected chi connectivity index (χ2v) is 6.55. The molecular formula is C20H18N4O3S. The number of aromatic nitrogens is 4. The van der Waals surface area contributed by atoms with Gasteiger partial charge in [0.05, 0.1) is 24.1 Å². The molecule has 0 saturated heterocycles. The van der Waals surface area contributed by atoms with Crippen molar-refractivity contribution in [2.75, 3.05) is 19.5 Å². The predicted octanol–water partition coefficient (Wildman–Crippen LogP) is 2.93. The van der Waals surface area contributed by atoms with Crippen molar-refractivity contribution in [3.63, 3.8) is 0 Å². The van der Waals surface area contributed by atoms with Gasteiger partial charge in [0.1, 0.15) is 5.75 Å². The van der Waals surface area contributed by atoms with E-state index in [-0.39, 0.29) is 12.6 Å². The second kappa shape index (κ2) is 9.58. The summed E-state index contributed by atoms with van der Waals surface area (Å²) in [5.41, 5.74) is 2.26. The molecule has 0 aliphatic rings. The number of hydrogen-bond donors (Lipinski definition) is 0. The molecule has 8 heteroatoms. The van der Waals surface area contributed by atoms with Crippen LogP contribution in [0.1, 0.15) is 15.9 Å². The number of hydrogen-bond acceptors (Lipinski definition) is 7. The molecule has 142 valence electrons. The highest BCUT2D eigenvalue weighted by atomic mass is 32.2. The van der Waals surface area contributed by atoms with Gasteiger partial charge in [-0.2, -0.15) is 4.68 Å². The number of ether oxygens (including phenoxy) is 2. The first kappa shape index (κ1) is 19.5. The van der Waals surface area contributed by atoms with E-state index in [9.17, 15) is 4.79 Å². The molecule has 0 aliphatic heterocycles. The Hall–Kier alpha value is -3.31. The number of aryl methyl sites for hydroxylation is 1. The lowest BCUT2D eigenvalue weighted by atomic mass is 10.1. The van der Waals surface area contributed by atoms with Gasteiger partial charge >= 0.3 is 5.97 Å². The zero-order valence-corrected chi connectivity index (χ0v) is 16.3. The first-order chi connectivity index (χ1) is 13.7. The minimum absolute atomic E-state index is 0.0388. The molecule has 0 saturated carbocycles. The highest BCUT2D eigenvalue weighted by molar-refractivity contribution is 7.99. The Balaban J connectivity index is 1.51. The van der Waals surface area contributed by atoms with Crippen LogP contribution in [0.3, 0.4) is 0 Å². The molecule has 0 spiro atoms. The number of carbonyl (C=O) groups is 1. The summed E-state index contributed by atoms with van der Waals surface area (Å²) in [6.07, 6.45) is 0.